The molecule has 0 aromatic heterocycles. The maximum atomic E-state index is 12.7. The van der Waals surface area contributed by atoms with Gasteiger partial charge >= 0.3 is 17.9 Å². The van der Waals surface area contributed by atoms with Gasteiger partial charge in [0.25, 0.3) is 0 Å². The van der Waals surface area contributed by atoms with Gasteiger partial charge in [-0.15, -0.1) is 0 Å². The summed E-state index contributed by atoms with van der Waals surface area (Å²) >= 11 is 0. The van der Waals surface area contributed by atoms with Crippen molar-refractivity contribution in [1.29, 1.82) is 0 Å². The van der Waals surface area contributed by atoms with Crippen LogP contribution in [0.5, 0.6) is 0 Å². The number of methoxy groups -OCH3 is 3. The zero-order valence-corrected chi connectivity index (χ0v) is 19.9. The topological polar surface area (TPSA) is 166 Å². The summed E-state index contributed by atoms with van der Waals surface area (Å²) in [6.07, 6.45) is -0.210. The Bertz CT molecular complexity index is 950. The van der Waals surface area contributed by atoms with E-state index in [0.29, 0.717) is 0 Å². The molecule has 0 bridgehead atoms. The number of ether oxygens (including phenoxy) is 3. The lowest BCUT2D eigenvalue weighted by Crippen LogP contribution is -2.63. The summed E-state index contributed by atoms with van der Waals surface area (Å²) in [5, 5.41) is 7.49. The lowest BCUT2D eigenvalue weighted by molar-refractivity contribution is -0.163. The number of benzene rings is 1. The Kier molecular flexibility index (Phi) is 9.74. The number of rotatable bonds is 10. The average molecular weight is 491 g/mol. The normalized spacial score (nSPS) is 19.0. The first-order valence-corrected chi connectivity index (χ1v) is 10.8. The summed E-state index contributed by atoms with van der Waals surface area (Å²) in [5.74, 6) is -7.30. The van der Waals surface area contributed by atoms with Crippen LogP contribution < -0.4 is 16.0 Å². The molecule has 1 aromatic rings. The number of esters is 3. The molecule has 1 aliphatic heterocycles. The minimum atomic E-state index is -1.52. The smallest absolute Gasteiger partial charge is 0.328 e. The second-order valence-corrected chi connectivity index (χ2v) is 7.97. The summed E-state index contributed by atoms with van der Waals surface area (Å²) in [6.45, 7) is 1.36. The van der Waals surface area contributed by atoms with Crippen LogP contribution in [0.1, 0.15) is 18.9 Å². The van der Waals surface area contributed by atoms with Crippen molar-refractivity contribution in [2.24, 2.45) is 11.8 Å². The third-order valence-corrected chi connectivity index (χ3v) is 5.67. The summed E-state index contributed by atoms with van der Waals surface area (Å²) in [7, 11) is 3.19. The van der Waals surface area contributed by atoms with Crippen LogP contribution in [0.15, 0.2) is 30.3 Å². The maximum absolute atomic E-state index is 12.7. The molecule has 1 heterocycles. The van der Waals surface area contributed by atoms with E-state index >= 15 is 0 Å². The molecule has 3 N–H and O–H groups in total. The molecule has 4 atom stereocenters. The first-order chi connectivity index (χ1) is 16.6. The van der Waals surface area contributed by atoms with Gasteiger partial charge in [-0.25, -0.2) is 4.79 Å². The van der Waals surface area contributed by atoms with Gasteiger partial charge in [0, 0.05) is 12.3 Å². The molecule has 0 radical (unpaired) electrons. The van der Waals surface area contributed by atoms with Gasteiger partial charge in [-0.05, 0) is 5.56 Å². The van der Waals surface area contributed by atoms with Crippen LogP contribution in [0.2, 0.25) is 0 Å². The molecule has 0 saturated carbocycles. The molecule has 1 saturated heterocycles. The van der Waals surface area contributed by atoms with E-state index < -0.39 is 72.0 Å². The van der Waals surface area contributed by atoms with Gasteiger partial charge in [-0.3, -0.25) is 24.0 Å². The molecule has 0 unspecified atom stereocenters. The van der Waals surface area contributed by atoms with Crippen molar-refractivity contribution >= 4 is 35.6 Å². The van der Waals surface area contributed by atoms with Crippen LogP contribution in [0.25, 0.3) is 0 Å². The lowest BCUT2D eigenvalue weighted by atomic mass is 9.87. The molecule has 12 nitrogen and oxygen atoms in total. The molecule has 1 aromatic carbocycles. The third-order valence-electron chi connectivity index (χ3n) is 5.67. The highest BCUT2D eigenvalue weighted by Gasteiger charge is 2.43. The van der Waals surface area contributed by atoms with Crippen molar-refractivity contribution in [3.8, 4) is 0 Å². The van der Waals surface area contributed by atoms with E-state index in [1.54, 1.807) is 0 Å². The molecule has 0 spiro atoms. The second kappa shape index (κ2) is 12.5. The van der Waals surface area contributed by atoms with Gasteiger partial charge in [0.15, 0.2) is 5.92 Å². The fraction of sp³-hybridized carbons (Fsp3) is 0.478. The van der Waals surface area contributed by atoms with E-state index in [2.05, 4.69) is 25.4 Å². The number of amides is 3. The molecule has 2 rings (SSSR count). The highest BCUT2D eigenvalue weighted by Crippen LogP contribution is 2.21. The first-order valence-electron chi connectivity index (χ1n) is 10.8. The van der Waals surface area contributed by atoms with Crippen LogP contribution >= 0.6 is 0 Å². The van der Waals surface area contributed by atoms with Crippen LogP contribution in [0, 0.1) is 11.8 Å². The zero-order valence-electron chi connectivity index (χ0n) is 19.9. The van der Waals surface area contributed by atoms with Gasteiger partial charge in [-0.2, -0.15) is 0 Å². The number of hydrogen-bond acceptors (Lipinski definition) is 9. The van der Waals surface area contributed by atoms with Crippen molar-refractivity contribution in [3.05, 3.63) is 35.9 Å². The standard InChI is InChI=1S/C23H29N3O9/c1-12(17(21(30)33-2)22(31)34-3)18(23(32)35-4)26-16(27)11-15-20(29)24-14(19(28)25-15)10-13-8-6-5-7-9-13/h5-9,12,14-15,17-18H,10-11H2,1-4H3,(H,24,29)(H,25,28)(H,26,27)/t12-,14+,15+,18-/m1/s1. The molecule has 190 valence electrons. The quantitative estimate of drug-likeness (QED) is 0.208. The van der Waals surface area contributed by atoms with E-state index in [9.17, 15) is 28.8 Å². The number of nitrogens with one attached hydrogen (secondary N) is 3. The van der Waals surface area contributed by atoms with E-state index in [4.69, 9.17) is 4.74 Å². The fourth-order valence-electron chi connectivity index (χ4n) is 3.73. The number of hydrogen-bond donors (Lipinski definition) is 3. The first kappa shape index (κ1) is 27.3. The Labute approximate surface area is 202 Å². The Balaban J connectivity index is 2.07. The van der Waals surface area contributed by atoms with Crippen LogP contribution in [-0.4, -0.2) is 75.1 Å². The van der Waals surface area contributed by atoms with E-state index in [1.807, 2.05) is 30.3 Å². The average Bonchev–Trinajstić information content (AvgIpc) is 2.85. The van der Waals surface area contributed by atoms with Crippen molar-refractivity contribution in [2.45, 2.75) is 37.9 Å². The summed E-state index contributed by atoms with van der Waals surface area (Å²) < 4.78 is 13.9. The minimum absolute atomic E-state index is 0.279. The molecular weight excluding hydrogens is 462 g/mol. The predicted octanol–water partition coefficient (Wildman–Crippen LogP) is -1.14. The molecule has 1 fully saturated rings. The Hall–Kier alpha value is -3.96. The molecule has 35 heavy (non-hydrogen) atoms. The van der Waals surface area contributed by atoms with Crippen molar-refractivity contribution in [2.75, 3.05) is 21.3 Å². The van der Waals surface area contributed by atoms with Crippen LogP contribution in [0.4, 0.5) is 0 Å². The van der Waals surface area contributed by atoms with Crippen molar-refractivity contribution in [3.63, 3.8) is 0 Å². The monoisotopic (exact) mass is 491 g/mol. The summed E-state index contributed by atoms with van der Waals surface area (Å²) in [6, 6.07) is 5.69. The van der Waals surface area contributed by atoms with Gasteiger partial charge in [0.2, 0.25) is 17.7 Å². The molecule has 0 aliphatic carbocycles. The largest absolute Gasteiger partial charge is 0.468 e. The third kappa shape index (κ3) is 7.01. The molecule has 12 heteroatoms. The number of carbonyl (C=O) groups is 6. The Morgan fingerprint density at radius 2 is 1.37 bits per heavy atom. The van der Waals surface area contributed by atoms with Gasteiger partial charge in [0.1, 0.15) is 18.1 Å². The maximum Gasteiger partial charge on any atom is 0.328 e. The van der Waals surface area contributed by atoms with E-state index in [1.165, 1.54) is 6.92 Å². The predicted molar refractivity (Wildman–Crippen MR) is 119 cm³/mol. The second-order valence-electron chi connectivity index (χ2n) is 7.97. The molecule has 1 aliphatic rings. The Morgan fingerprint density at radius 3 is 1.91 bits per heavy atom. The summed E-state index contributed by atoms with van der Waals surface area (Å²) in [4.78, 5) is 74.3. The fourth-order valence-corrected chi connectivity index (χ4v) is 3.73. The SMILES string of the molecule is COC(=O)C(C(=O)OC)[C@@H](C)[C@@H](NC(=O)C[C@@H]1NC(=O)[C@H](Cc2ccccc2)NC1=O)C(=O)OC. The van der Waals surface area contributed by atoms with Gasteiger partial charge in [0.05, 0.1) is 27.8 Å². The lowest BCUT2D eigenvalue weighted by Gasteiger charge is -2.30. The zero-order chi connectivity index (χ0) is 26.1. The van der Waals surface area contributed by atoms with Gasteiger partial charge < -0.3 is 30.2 Å². The molecular formula is C23H29N3O9. The Morgan fingerprint density at radius 1 is 0.857 bits per heavy atom. The molecule has 3 amide bonds. The van der Waals surface area contributed by atoms with Crippen LogP contribution in [-0.2, 0) is 49.4 Å². The highest BCUT2D eigenvalue weighted by molar-refractivity contribution is 6.00. The van der Waals surface area contributed by atoms with Crippen molar-refractivity contribution < 1.29 is 43.0 Å². The minimum Gasteiger partial charge on any atom is -0.468 e. The van der Waals surface area contributed by atoms with E-state index in [-0.39, 0.29) is 6.42 Å². The highest BCUT2D eigenvalue weighted by atomic mass is 16.5. The number of piperazine rings is 1. The van der Waals surface area contributed by atoms with Crippen LogP contribution in [0.3, 0.4) is 0 Å². The van der Waals surface area contributed by atoms with E-state index in [0.717, 1.165) is 26.9 Å². The van der Waals surface area contributed by atoms with Crippen molar-refractivity contribution in [1.82, 2.24) is 16.0 Å². The number of carbonyl (C=O) groups excluding carboxylic acids is 6. The van der Waals surface area contributed by atoms with Gasteiger partial charge in [-0.1, -0.05) is 37.3 Å². The summed E-state index contributed by atoms with van der Waals surface area (Å²) in [5.41, 5.74) is 0.852.